The van der Waals surface area contributed by atoms with Gasteiger partial charge in [-0.15, -0.1) is 0 Å². The Labute approximate surface area is 195 Å². The number of benzene rings is 1. The van der Waals surface area contributed by atoms with Gasteiger partial charge in [0.2, 0.25) is 18.1 Å². The summed E-state index contributed by atoms with van der Waals surface area (Å²) in [6.07, 6.45) is 2.75. The van der Waals surface area contributed by atoms with Gasteiger partial charge < -0.3 is 19.8 Å². The highest BCUT2D eigenvalue weighted by atomic mass is 19.1. The Kier molecular flexibility index (Phi) is 6.54. The number of nitrogens with one attached hydrogen (secondary N) is 2. The first-order chi connectivity index (χ1) is 16.3. The predicted molar refractivity (Wildman–Crippen MR) is 120 cm³/mol. The summed E-state index contributed by atoms with van der Waals surface area (Å²) in [5.74, 6) is 0.164. The molecule has 10 nitrogen and oxygen atoms in total. The number of carbonyl (C=O) groups is 1. The Morgan fingerprint density at radius 2 is 2.00 bits per heavy atom. The number of nitriles is 1. The molecule has 1 aliphatic rings. The van der Waals surface area contributed by atoms with Crippen molar-refractivity contribution >= 4 is 11.9 Å². The molecule has 0 spiro atoms. The van der Waals surface area contributed by atoms with Crippen LogP contribution >= 0.6 is 0 Å². The van der Waals surface area contributed by atoms with Crippen molar-refractivity contribution in [3.63, 3.8) is 0 Å². The van der Waals surface area contributed by atoms with E-state index in [4.69, 9.17) is 14.5 Å². The number of amides is 1. The van der Waals surface area contributed by atoms with Crippen LogP contribution in [0.1, 0.15) is 26.0 Å². The third kappa shape index (κ3) is 5.03. The number of hydrogen-bond donors (Lipinski definition) is 2. The Bertz CT molecular complexity index is 1210. The average molecular weight is 465 g/mol. The van der Waals surface area contributed by atoms with Crippen LogP contribution in [0.25, 0.3) is 22.6 Å². The number of halogens is 1. The molecule has 0 saturated carbocycles. The predicted octanol–water partition coefficient (Wildman–Crippen LogP) is 2.78. The van der Waals surface area contributed by atoms with E-state index in [-0.39, 0.29) is 23.1 Å². The lowest BCUT2D eigenvalue weighted by Gasteiger charge is -2.36. The van der Waals surface area contributed by atoms with Gasteiger partial charge in [0.15, 0.2) is 12.0 Å². The topological polar surface area (TPSA) is 129 Å². The second kappa shape index (κ2) is 9.54. The van der Waals surface area contributed by atoms with E-state index in [9.17, 15) is 14.4 Å². The molecule has 3 heterocycles. The lowest BCUT2D eigenvalue weighted by atomic mass is 9.92. The summed E-state index contributed by atoms with van der Waals surface area (Å²) in [6.45, 7) is 4.56. The Hall–Kier alpha value is -3.88. The molecule has 34 heavy (non-hydrogen) atoms. The molecule has 1 aliphatic heterocycles. The van der Waals surface area contributed by atoms with E-state index in [0.717, 1.165) is 0 Å². The van der Waals surface area contributed by atoms with Crippen LogP contribution in [0.4, 0.5) is 10.3 Å². The minimum absolute atomic E-state index is 0.116. The molecule has 1 aromatic carbocycles. The van der Waals surface area contributed by atoms with Crippen LogP contribution in [-0.4, -0.2) is 52.6 Å². The summed E-state index contributed by atoms with van der Waals surface area (Å²) >= 11 is 0. The highest BCUT2D eigenvalue weighted by Crippen LogP contribution is 2.35. The van der Waals surface area contributed by atoms with Crippen LogP contribution in [0.3, 0.4) is 0 Å². The molecule has 0 atom stereocenters. The third-order valence-corrected chi connectivity index (χ3v) is 5.34. The maximum absolute atomic E-state index is 13.5. The molecule has 11 heteroatoms. The van der Waals surface area contributed by atoms with E-state index in [0.29, 0.717) is 48.2 Å². The Morgan fingerprint density at radius 1 is 1.29 bits per heavy atom. The van der Waals surface area contributed by atoms with Gasteiger partial charge >= 0.3 is 0 Å². The zero-order chi connectivity index (χ0) is 24.3. The SMILES string of the molecule is CC(=O)NCC1(C)COC(c2nc(-c3ccc(F)cc3)c(-c3ccnc(N(C)C#N)n3)[nH]2)OC1. The number of aromatic nitrogens is 4. The first-order valence-electron chi connectivity index (χ1n) is 10.6. The number of H-pyrrole nitrogens is 1. The van der Waals surface area contributed by atoms with Crippen LogP contribution in [-0.2, 0) is 14.3 Å². The van der Waals surface area contributed by atoms with Gasteiger partial charge in [0, 0.05) is 37.7 Å². The van der Waals surface area contributed by atoms with Gasteiger partial charge in [0.05, 0.1) is 30.3 Å². The number of rotatable bonds is 6. The molecule has 0 radical (unpaired) electrons. The average Bonchev–Trinajstić information content (AvgIpc) is 3.29. The van der Waals surface area contributed by atoms with Crippen LogP contribution in [0, 0.1) is 22.7 Å². The van der Waals surface area contributed by atoms with Crippen LogP contribution < -0.4 is 10.2 Å². The van der Waals surface area contributed by atoms with Gasteiger partial charge in [-0.1, -0.05) is 6.92 Å². The summed E-state index contributed by atoms with van der Waals surface area (Å²) in [4.78, 5) is 29.0. The Balaban J connectivity index is 1.66. The fraction of sp³-hybridized carbons (Fsp3) is 0.348. The van der Waals surface area contributed by atoms with Crippen molar-refractivity contribution in [2.24, 2.45) is 5.41 Å². The number of hydrogen-bond acceptors (Lipinski definition) is 8. The van der Waals surface area contributed by atoms with Crippen LogP contribution in [0.15, 0.2) is 36.5 Å². The third-order valence-electron chi connectivity index (χ3n) is 5.34. The molecule has 0 aliphatic carbocycles. The molecule has 1 amide bonds. The Morgan fingerprint density at radius 3 is 2.65 bits per heavy atom. The van der Waals surface area contributed by atoms with Gasteiger partial charge in [0.1, 0.15) is 5.82 Å². The van der Waals surface area contributed by atoms with E-state index in [1.807, 2.05) is 13.1 Å². The molecule has 1 fully saturated rings. The van der Waals surface area contributed by atoms with E-state index < -0.39 is 6.29 Å². The molecule has 0 unspecified atom stereocenters. The molecule has 2 aromatic heterocycles. The highest BCUT2D eigenvalue weighted by Gasteiger charge is 2.35. The number of imidazole rings is 1. The number of nitrogens with zero attached hydrogens (tertiary/aromatic N) is 5. The van der Waals surface area contributed by atoms with Crippen molar-refractivity contribution in [2.75, 3.05) is 31.7 Å². The molecule has 4 rings (SSSR count). The van der Waals surface area contributed by atoms with Crippen molar-refractivity contribution in [1.29, 1.82) is 5.26 Å². The monoisotopic (exact) mass is 465 g/mol. The standard InChI is InChI=1S/C23H24FN7O3/c1-14(32)27-10-23(2)11-33-21(34-12-23)20-29-18(15-4-6-16(24)7-5-15)19(30-20)17-8-9-26-22(28-17)31(3)13-25/h4-9,21H,10-12H2,1-3H3,(H,27,32)(H,29,30). The second-order valence-corrected chi connectivity index (χ2v) is 8.43. The fourth-order valence-electron chi connectivity index (χ4n) is 3.44. The van der Waals surface area contributed by atoms with Crippen molar-refractivity contribution in [1.82, 2.24) is 25.3 Å². The number of anilines is 1. The minimum Gasteiger partial charge on any atom is -0.356 e. The van der Waals surface area contributed by atoms with Crippen molar-refractivity contribution in [3.8, 4) is 28.8 Å². The summed E-state index contributed by atoms with van der Waals surface area (Å²) in [7, 11) is 1.56. The second-order valence-electron chi connectivity index (χ2n) is 8.43. The van der Waals surface area contributed by atoms with Crippen molar-refractivity contribution < 1.29 is 18.7 Å². The quantitative estimate of drug-likeness (QED) is 0.420. The zero-order valence-corrected chi connectivity index (χ0v) is 19.0. The molecule has 3 aromatic rings. The normalized spacial score (nSPS) is 19.9. The molecule has 1 saturated heterocycles. The molecule has 0 bridgehead atoms. The van der Waals surface area contributed by atoms with E-state index in [1.54, 1.807) is 31.4 Å². The largest absolute Gasteiger partial charge is 0.356 e. The maximum atomic E-state index is 13.5. The minimum atomic E-state index is -0.763. The molecule has 176 valence electrons. The molecular weight excluding hydrogens is 441 g/mol. The fourth-order valence-corrected chi connectivity index (χ4v) is 3.44. The van der Waals surface area contributed by atoms with Gasteiger partial charge in [0.25, 0.3) is 0 Å². The smallest absolute Gasteiger partial charge is 0.239 e. The summed E-state index contributed by atoms with van der Waals surface area (Å²) in [6, 6.07) is 7.63. The maximum Gasteiger partial charge on any atom is 0.239 e. The van der Waals surface area contributed by atoms with E-state index >= 15 is 0 Å². The summed E-state index contributed by atoms with van der Waals surface area (Å²) < 4.78 is 25.4. The van der Waals surface area contributed by atoms with Crippen LogP contribution in [0.5, 0.6) is 0 Å². The van der Waals surface area contributed by atoms with Crippen molar-refractivity contribution in [3.05, 3.63) is 48.2 Å². The molecular formula is C23H24FN7O3. The zero-order valence-electron chi connectivity index (χ0n) is 19.0. The number of carbonyl (C=O) groups excluding carboxylic acids is 1. The first kappa shape index (κ1) is 23.3. The number of ether oxygens (including phenoxy) is 2. The van der Waals surface area contributed by atoms with E-state index in [2.05, 4.69) is 20.3 Å². The summed E-state index contributed by atoms with van der Waals surface area (Å²) in [5, 5.41) is 12.0. The first-order valence-corrected chi connectivity index (χ1v) is 10.6. The van der Waals surface area contributed by atoms with Gasteiger partial charge in [-0.2, -0.15) is 5.26 Å². The van der Waals surface area contributed by atoms with Crippen molar-refractivity contribution in [2.45, 2.75) is 20.1 Å². The van der Waals surface area contributed by atoms with Gasteiger partial charge in [-0.3, -0.25) is 9.69 Å². The summed E-state index contributed by atoms with van der Waals surface area (Å²) in [5.41, 5.74) is 1.87. The highest BCUT2D eigenvalue weighted by molar-refractivity contribution is 5.77. The lowest BCUT2D eigenvalue weighted by Crippen LogP contribution is -2.45. The molecule has 2 N–H and O–H groups in total. The van der Waals surface area contributed by atoms with Gasteiger partial charge in [-0.25, -0.2) is 19.3 Å². The van der Waals surface area contributed by atoms with Crippen LogP contribution in [0.2, 0.25) is 0 Å². The lowest BCUT2D eigenvalue weighted by molar-refractivity contribution is -0.232. The van der Waals surface area contributed by atoms with Gasteiger partial charge in [-0.05, 0) is 30.3 Å². The number of aromatic amines is 1. The van der Waals surface area contributed by atoms with E-state index in [1.165, 1.54) is 24.0 Å².